The molecule has 1 heterocycles. The Kier molecular flexibility index (Phi) is 5.26. The van der Waals surface area contributed by atoms with Crippen LogP contribution in [-0.2, 0) is 10.0 Å². The zero-order valence-electron chi connectivity index (χ0n) is 15.8. The smallest absolute Gasteiger partial charge is 0.232 e. The van der Waals surface area contributed by atoms with Crippen LogP contribution in [0.5, 0.6) is 0 Å². The molecule has 29 heavy (non-hydrogen) atoms. The summed E-state index contributed by atoms with van der Waals surface area (Å²) >= 11 is 6.23. The van der Waals surface area contributed by atoms with Crippen LogP contribution in [0.4, 0.5) is 5.69 Å². The Labute approximate surface area is 175 Å². The first-order chi connectivity index (χ1) is 13.9. The van der Waals surface area contributed by atoms with Gasteiger partial charge in [-0.1, -0.05) is 54.1 Å². The van der Waals surface area contributed by atoms with E-state index < -0.39 is 10.0 Å². The molecule has 6 heteroatoms. The Bertz CT molecular complexity index is 1270. The van der Waals surface area contributed by atoms with Gasteiger partial charge in [0.25, 0.3) is 0 Å². The number of rotatable bonds is 5. The van der Waals surface area contributed by atoms with Crippen molar-refractivity contribution in [3.05, 3.63) is 83.9 Å². The van der Waals surface area contributed by atoms with Crippen LogP contribution in [0.2, 0.25) is 5.02 Å². The fraction of sp³-hybridized carbons (Fsp3) is 0.0870. The summed E-state index contributed by atoms with van der Waals surface area (Å²) in [6.45, 7) is 1.60. The van der Waals surface area contributed by atoms with E-state index >= 15 is 0 Å². The Morgan fingerprint density at radius 2 is 1.62 bits per heavy atom. The van der Waals surface area contributed by atoms with Crippen molar-refractivity contribution in [3.63, 3.8) is 0 Å². The standard InChI is InChI=1S/C23H19ClN2O2S/c1-2-29(27,28)26-19-11-8-17(9-12-19)23-15-20(16-6-4-3-5-7-16)21-14-18(24)10-13-22(21)25-23/h3-15,26H,2H2,1H3. The number of hydrogen-bond donors (Lipinski definition) is 1. The maximum absolute atomic E-state index is 11.8. The first-order valence-electron chi connectivity index (χ1n) is 9.22. The summed E-state index contributed by atoms with van der Waals surface area (Å²) in [6, 6.07) is 25.0. The highest BCUT2D eigenvalue weighted by atomic mass is 35.5. The fourth-order valence-electron chi connectivity index (χ4n) is 3.16. The number of benzene rings is 3. The van der Waals surface area contributed by atoms with Gasteiger partial charge < -0.3 is 0 Å². The molecule has 146 valence electrons. The van der Waals surface area contributed by atoms with E-state index in [0.29, 0.717) is 10.7 Å². The lowest BCUT2D eigenvalue weighted by Crippen LogP contribution is -2.14. The van der Waals surface area contributed by atoms with Gasteiger partial charge in [0, 0.05) is 21.7 Å². The van der Waals surface area contributed by atoms with Crippen molar-refractivity contribution >= 4 is 38.2 Å². The molecular formula is C23H19ClN2O2S. The molecule has 0 unspecified atom stereocenters. The highest BCUT2D eigenvalue weighted by molar-refractivity contribution is 7.92. The molecule has 0 saturated carbocycles. The highest BCUT2D eigenvalue weighted by Crippen LogP contribution is 2.33. The minimum Gasteiger partial charge on any atom is -0.284 e. The minimum absolute atomic E-state index is 0.0317. The van der Waals surface area contributed by atoms with Gasteiger partial charge in [-0.05, 0) is 54.4 Å². The van der Waals surface area contributed by atoms with E-state index in [0.717, 1.165) is 33.3 Å². The molecule has 0 aliphatic rings. The Balaban J connectivity index is 1.82. The van der Waals surface area contributed by atoms with Gasteiger partial charge in [-0.15, -0.1) is 0 Å². The van der Waals surface area contributed by atoms with Gasteiger partial charge in [0.05, 0.1) is 17.0 Å². The third kappa shape index (κ3) is 4.26. The van der Waals surface area contributed by atoms with E-state index in [9.17, 15) is 8.42 Å². The highest BCUT2D eigenvalue weighted by Gasteiger charge is 2.11. The molecule has 3 aromatic carbocycles. The van der Waals surface area contributed by atoms with Crippen molar-refractivity contribution < 1.29 is 8.42 Å². The van der Waals surface area contributed by atoms with Gasteiger partial charge in [-0.2, -0.15) is 0 Å². The number of sulfonamides is 1. The van der Waals surface area contributed by atoms with Crippen molar-refractivity contribution in [2.45, 2.75) is 6.92 Å². The third-order valence-electron chi connectivity index (χ3n) is 4.69. The molecule has 0 spiro atoms. The third-order valence-corrected chi connectivity index (χ3v) is 6.23. The van der Waals surface area contributed by atoms with E-state index in [1.54, 1.807) is 19.1 Å². The van der Waals surface area contributed by atoms with Gasteiger partial charge in [-0.3, -0.25) is 4.72 Å². The quantitative estimate of drug-likeness (QED) is 0.430. The molecule has 0 bridgehead atoms. The second kappa shape index (κ2) is 7.85. The number of halogens is 1. The van der Waals surface area contributed by atoms with Crippen molar-refractivity contribution in [1.82, 2.24) is 4.98 Å². The molecule has 1 aromatic heterocycles. The first-order valence-corrected chi connectivity index (χ1v) is 11.2. The molecule has 0 fully saturated rings. The van der Waals surface area contributed by atoms with Crippen LogP contribution in [0, 0.1) is 0 Å². The van der Waals surface area contributed by atoms with Crippen LogP contribution in [0.3, 0.4) is 0 Å². The zero-order valence-corrected chi connectivity index (χ0v) is 17.3. The van der Waals surface area contributed by atoms with Crippen LogP contribution in [0.15, 0.2) is 78.9 Å². The van der Waals surface area contributed by atoms with Crippen molar-refractivity contribution in [2.75, 3.05) is 10.5 Å². The first kappa shape index (κ1) is 19.4. The SMILES string of the molecule is CCS(=O)(=O)Nc1ccc(-c2cc(-c3ccccc3)c3cc(Cl)ccc3n2)cc1. The number of hydrogen-bond acceptors (Lipinski definition) is 3. The second-order valence-electron chi connectivity index (χ2n) is 6.67. The number of anilines is 1. The van der Waals surface area contributed by atoms with Crippen molar-refractivity contribution in [2.24, 2.45) is 0 Å². The summed E-state index contributed by atoms with van der Waals surface area (Å²) in [5.74, 6) is 0.0317. The average molecular weight is 423 g/mol. The summed E-state index contributed by atoms with van der Waals surface area (Å²) < 4.78 is 26.1. The Morgan fingerprint density at radius 3 is 2.31 bits per heavy atom. The summed E-state index contributed by atoms with van der Waals surface area (Å²) in [5.41, 5.74) is 5.22. The molecular weight excluding hydrogens is 404 g/mol. The van der Waals surface area contributed by atoms with E-state index in [1.165, 1.54) is 0 Å². The Morgan fingerprint density at radius 1 is 0.897 bits per heavy atom. The van der Waals surface area contributed by atoms with Gasteiger partial charge in [0.15, 0.2) is 0 Å². The monoisotopic (exact) mass is 422 g/mol. The molecule has 0 radical (unpaired) electrons. The van der Waals surface area contributed by atoms with Crippen LogP contribution in [-0.4, -0.2) is 19.2 Å². The summed E-state index contributed by atoms with van der Waals surface area (Å²) in [7, 11) is -3.30. The van der Waals surface area contributed by atoms with Crippen LogP contribution in [0.1, 0.15) is 6.92 Å². The van der Waals surface area contributed by atoms with Gasteiger partial charge in [0.1, 0.15) is 0 Å². The van der Waals surface area contributed by atoms with Crippen LogP contribution >= 0.6 is 11.6 Å². The molecule has 0 atom stereocenters. The maximum atomic E-state index is 11.8. The number of nitrogens with one attached hydrogen (secondary N) is 1. The topological polar surface area (TPSA) is 59.1 Å². The largest absolute Gasteiger partial charge is 0.284 e. The number of pyridine rings is 1. The van der Waals surface area contributed by atoms with Crippen molar-refractivity contribution in [3.8, 4) is 22.4 Å². The Hall–Kier alpha value is -2.89. The van der Waals surface area contributed by atoms with Crippen molar-refractivity contribution in [1.29, 1.82) is 0 Å². The van der Waals surface area contributed by atoms with Crippen LogP contribution < -0.4 is 4.72 Å². The second-order valence-corrected chi connectivity index (χ2v) is 9.11. The average Bonchev–Trinajstić information content (AvgIpc) is 2.74. The lowest BCUT2D eigenvalue weighted by Gasteiger charge is -2.12. The maximum Gasteiger partial charge on any atom is 0.232 e. The molecule has 1 N–H and O–H groups in total. The van der Waals surface area contributed by atoms with E-state index in [4.69, 9.17) is 16.6 Å². The summed E-state index contributed by atoms with van der Waals surface area (Å²) in [4.78, 5) is 4.80. The zero-order chi connectivity index (χ0) is 20.4. The molecule has 0 saturated heterocycles. The van der Waals surface area contributed by atoms with E-state index in [1.807, 2.05) is 54.6 Å². The predicted octanol–water partition coefficient (Wildman–Crippen LogP) is 5.98. The predicted molar refractivity (Wildman–Crippen MR) is 121 cm³/mol. The number of aromatic nitrogens is 1. The van der Waals surface area contributed by atoms with E-state index in [2.05, 4.69) is 16.9 Å². The fourth-order valence-corrected chi connectivity index (χ4v) is 3.97. The lowest BCUT2D eigenvalue weighted by molar-refractivity contribution is 0.602. The molecule has 4 rings (SSSR count). The molecule has 0 aliphatic carbocycles. The van der Waals surface area contributed by atoms with Gasteiger partial charge in [0.2, 0.25) is 10.0 Å². The minimum atomic E-state index is -3.30. The van der Waals surface area contributed by atoms with E-state index in [-0.39, 0.29) is 5.75 Å². The molecule has 0 aliphatic heterocycles. The lowest BCUT2D eigenvalue weighted by atomic mass is 9.98. The molecule has 4 nitrogen and oxygen atoms in total. The molecule has 0 amide bonds. The van der Waals surface area contributed by atoms with Gasteiger partial charge in [-0.25, -0.2) is 13.4 Å². The normalized spacial score (nSPS) is 11.5. The summed E-state index contributed by atoms with van der Waals surface area (Å²) in [5, 5.41) is 1.65. The summed E-state index contributed by atoms with van der Waals surface area (Å²) in [6.07, 6.45) is 0. The number of fused-ring (bicyclic) bond motifs is 1. The number of nitrogens with zero attached hydrogens (tertiary/aromatic N) is 1. The molecule has 4 aromatic rings. The van der Waals surface area contributed by atoms with Gasteiger partial charge >= 0.3 is 0 Å². The van der Waals surface area contributed by atoms with Crippen LogP contribution in [0.25, 0.3) is 33.3 Å².